The van der Waals surface area contributed by atoms with Gasteiger partial charge in [0.2, 0.25) is 5.88 Å². The minimum Gasteiger partial charge on any atom is -0.497 e. The van der Waals surface area contributed by atoms with E-state index in [2.05, 4.69) is 9.97 Å². The van der Waals surface area contributed by atoms with Crippen LogP contribution >= 0.6 is 0 Å². The highest BCUT2D eigenvalue weighted by molar-refractivity contribution is 5.74. The van der Waals surface area contributed by atoms with Gasteiger partial charge < -0.3 is 15.2 Å². The Kier molecular flexibility index (Phi) is 3.31. The molecule has 0 spiro atoms. The lowest BCUT2D eigenvalue weighted by Gasteiger charge is -2.11. The van der Waals surface area contributed by atoms with Gasteiger partial charge in [0.05, 0.1) is 23.8 Å². The van der Waals surface area contributed by atoms with Crippen LogP contribution in [0.4, 0.5) is 5.69 Å². The quantitative estimate of drug-likeness (QED) is 0.746. The SMILES string of the molecule is COc1ccc(N)c(Oc2nc3ccccc3nc2C)c1. The number of hydrogen-bond acceptors (Lipinski definition) is 5. The molecule has 0 saturated heterocycles. The first-order chi connectivity index (χ1) is 10.2. The molecule has 0 atom stereocenters. The van der Waals surface area contributed by atoms with E-state index in [9.17, 15) is 0 Å². The summed E-state index contributed by atoms with van der Waals surface area (Å²) in [5.74, 6) is 1.61. The van der Waals surface area contributed by atoms with Gasteiger partial charge in [-0.05, 0) is 31.2 Å². The van der Waals surface area contributed by atoms with Crippen molar-refractivity contribution < 1.29 is 9.47 Å². The van der Waals surface area contributed by atoms with E-state index in [1.165, 1.54) is 0 Å². The smallest absolute Gasteiger partial charge is 0.241 e. The van der Waals surface area contributed by atoms with Gasteiger partial charge in [0.15, 0.2) is 5.75 Å². The van der Waals surface area contributed by atoms with Crippen molar-refractivity contribution in [2.24, 2.45) is 0 Å². The molecule has 5 nitrogen and oxygen atoms in total. The van der Waals surface area contributed by atoms with E-state index in [0.717, 1.165) is 11.0 Å². The molecule has 0 bridgehead atoms. The molecule has 1 aromatic heterocycles. The summed E-state index contributed by atoms with van der Waals surface area (Å²) >= 11 is 0. The lowest BCUT2D eigenvalue weighted by molar-refractivity contribution is 0.407. The first kappa shape index (κ1) is 13.2. The van der Waals surface area contributed by atoms with Gasteiger partial charge >= 0.3 is 0 Å². The van der Waals surface area contributed by atoms with E-state index in [0.29, 0.717) is 28.8 Å². The zero-order chi connectivity index (χ0) is 14.8. The van der Waals surface area contributed by atoms with Gasteiger partial charge in [0.25, 0.3) is 0 Å². The van der Waals surface area contributed by atoms with Crippen LogP contribution in [0.15, 0.2) is 42.5 Å². The van der Waals surface area contributed by atoms with Gasteiger partial charge in [-0.2, -0.15) is 0 Å². The summed E-state index contributed by atoms with van der Waals surface area (Å²) in [6.07, 6.45) is 0. The zero-order valence-electron chi connectivity index (χ0n) is 11.8. The summed E-state index contributed by atoms with van der Waals surface area (Å²) in [4.78, 5) is 8.97. The van der Waals surface area contributed by atoms with Crippen LogP contribution in [0.1, 0.15) is 5.69 Å². The third kappa shape index (κ3) is 2.58. The molecule has 2 aromatic carbocycles. The average Bonchev–Trinajstić information content (AvgIpc) is 2.50. The first-order valence-electron chi connectivity index (χ1n) is 6.52. The first-order valence-corrected chi connectivity index (χ1v) is 6.52. The standard InChI is InChI=1S/C16H15N3O2/c1-10-16(19-14-6-4-3-5-13(14)18-10)21-15-9-11(20-2)7-8-12(15)17/h3-9H,17H2,1-2H3. The minimum absolute atomic E-state index is 0.439. The molecular weight excluding hydrogens is 266 g/mol. The van der Waals surface area contributed by atoms with Gasteiger partial charge in [0, 0.05) is 6.07 Å². The van der Waals surface area contributed by atoms with Crippen LogP contribution in [0.2, 0.25) is 0 Å². The third-order valence-electron chi connectivity index (χ3n) is 3.13. The maximum Gasteiger partial charge on any atom is 0.241 e. The van der Waals surface area contributed by atoms with Crippen molar-refractivity contribution >= 4 is 16.7 Å². The Morgan fingerprint density at radius 3 is 2.43 bits per heavy atom. The molecule has 5 heteroatoms. The fourth-order valence-electron chi connectivity index (χ4n) is 2.00. The molecule has 0 amide bonds. The number of para-hydroxylation sites is 2. The molecular formula is C16H15N3O2. The van der Waals surface area contributed by atoms with Crippen molar-refractivity contribution in [2.75, 3.05) is 12.8 Å². The Labute approximate surface area is 122 Å². The molecule has 106 valence electrons. The highest BCUT2D eigenvalue weighted by atomic mass is 16.5. The molecule has 2 N–H and O–H groups in total. The summed E-state index contributed by atoms with van der Waals surface area (Å²) in [7, 11) is 1.59. The van der Waals surface area contributed by atoms with E-state index < -0.39 is 0 Å². The summed E-state index contributed by atoms with van der Waals surface area (Å²) in [5, 5.41) is 0. The van der Waals surface area contributed by atoms with Crippen LogP contribution in [-0.2, 0) is 0 Å². The number of aromatic nitrogens is 2. The van der Waals surface area contributed by atoms with Crippen LogP contribution in [0.25, 0.3) is 11.0 Å². The topological polar surface area (TPSA) is 70.3 Å². The number of aryl methyl sites for hydroxylation is 1. The molecule has 0 aliphatic carbocycles. The van der Waals surface area contributed by atoms with Gasteiger partial charge in [-0.3, -0.25) is 0 Å². The maximum absolute atomic E-state index is 5.93. The number of benzene rings is 2. The second kappa shape index (κ2) is 5.28. The van der Waals surface area contributed by atoms with Crippen LogP contribution in [0.3, 0.4) is 0 Å². The third-order valence-corrected chi connectivity index (χ3v) is 3.13. The molecule has 1 heterocycles. The Balaban J connectivity index is 2.03. The number of fused-ring (bicyclic) bond motifs is 1. The van der Waals surface area contributed by atoms with Gasteiger partial charge in [-0.15, -0.1) is 0 Å². The fraction of sp³-hybridized carbons (Fsp3) is 0.125. The van der Waals surface area contributed by atoms with Gasteiger partial charge in [-0.1, -0.05) is 12.1 Å². The van der Waals surface area contributed by atoms with E-state index in [1.54, 1.807) is 25.3 Å². The molecule has 0 fully saturated rings. The summed E-state index contributed by atoms with van der Waals surface area (Å²) < 4.78 is 11.0. The molecule has 3 rings (SSSR count). The van der Waals surface area contributed by atoms with E-state index in [4.69, 9.17) is 15.2 Å². The van der Waals surface area contributed by atoms with Crippen molar-refractivity contribution in [3.8, 4) is 17.4 Å². The largest absolute Gasteiger partial charge is 0.497 e. The lowest BCUT2D eigenvalue weighted by atomic mass is 10.2. The second-order valence-corrected chi connectivity index (χ2v) is 4.61. The predicted octanol–water partition coefficient (Wildman–Crippen LogP) is 3.32. The Hall–Kier alpha value is -2.82. The Bertz CT molecular complexity index is 803. The Morgan fingerprint density at radius 2 is 1.71 bits per heavy atom. The molecule has 21 heavy (non-hydrogen) atoms. The van der Waals surface area contributed by atoms with Crippen molar-refractivity contribution in [1.29, 1.82) is 0 Å². The van der Waals surface area contributed by atoms with Crippen molar-refractivity contribution in [3.63, 3.8) is 0 Å². The van der Waals surface area contributed by atoms with Gasteiger partial charge in [0.1, 0.15) is 11.4 Å². The van der Waals surface area contributed by atoms with E-state index in [1.807, 2.05) is 31.2 Å². The number of nitrogen functional groups attached to an aromatic ring is 1. The van der Waals surface area contributed by atoms with Gasteiger partial charge in [-0.25, -0.2) is 9.97 Å². The second-order valence-electron chi connectivity index (χ2n) is 4.61. The highest BCUT2D eigenvalue weighted by Crippen LogP contribution is 2.31. The molecule has 0 aliphatic rings. The van der Waals surface area contributed by atoms with Crippen molar-refractivity contribution in [2.45, 2.75) is 6.92 Å². The normalized spacial score (nSPS) is 10.6. The van der Waals surface area contributed by atoms with E-state index >= 15 is 0 Å². The number of methoxy groups -OCH3 is 1. The number of nitrogens with zero attached hydrogens (tertiary/aromatic N) is 2. The summed E-state index contributed by atoms with van der Waals surface area (Å²) in [6, 6.07) is 12.9. The minimum atomic E-state index is 0.439. The zero-order valence-corrected chi connectivity index (χ0v) is 11.8. The number of anilines is 1. The van der Waals surface area contributed by atoms with Crippen LogP contribution in [-0.4, -0.2) is 17.1 Å². The predicted molar refractivity (Wildman–Crippen MR) is 81.8 cm³/mol. The van der Waals surface area contributed by atoms with Crippen LogP contribution in [0.5, 0.6) is 17.4 Å². The number of rotatable bonds is 3. The average molecular weight is 281 g/mol. The summed E-state index contributed by atoms with van der Waals surface area (Å²) in [5.41, 5.74) is 8.76. The molecule has 0 aliphatic heterocycles. The fourth-order valence-corrected chi connectivity index (χ4v) is 2.00. The van der Waals surface area contributed by atoms with Crippen LogP contribution in [0, 0.1) is 6.92 Å². The van der Waals surface area contributed by atoms with Crippen LogP contribution < -0.4 is 15.2 Å². The number of nitrogens with two attached hydrogens (primary N) is 1. The number of ether oxygens (including phenoxy) is 2. The molecule has 0 saturated carbocycles. The number of hydrogen-bond donors (Lipinski definition) is 1. The lowest BCUT2D eigenvalue weighted by Crippen LogP contribution is -1.98. The summed E-state index contributed by atoms with van der Waals surface area (Å²) in [6.45, 7) is 1.85. The van der Waals surface area contributed by atoms with E-state index in [-0.39, 0.29) is 0 Å². The monoisotopic (exact) mass is 281 g/mol. The molecule has 0 unspecified atom stereocenters. The maximum atomic E-state index is 5.93. The highest BCUT2D eigenvalue weighted by Gasteiger charge is 2.10. The van der Waals surface area contributed by atoms with Crippen molar-refractivity contribution in [1.82, 2.24) is 9.97 Å². The molecule has 3 aromatic rings. The molecule has 0 radical (unpaired) electrons. The van der Waals surface area contributed by atoms with Crippen molar-refractivity contribution in [3.05, 3.63) is 48.2 Å². The Morgan fingerprint density at radius 1 is 1.00 bits per heavy atom.